The first-order valence-electron chi connectivity index (χ1n) is 8.53. The molecule has 0 bridgehead atoms. The lowest BCUT2D eigenvalue weighted by molar-refractivity contribution is -0.116. The second kappa shape index (κ2) is 9.59. The van der Waals surface area contributed by atoms with Crippen molar-refractivity contribution in [3.63, 3.8) is 0 Å². The Hall–Kier alpha value is -1.39. The van der Waals surface area contributed by atoms with E-state index in [9.17, 15) is 4.79 Å². The van der Waals surface area contributed by atoms with Crippen molar-refractivity contribution in [2.24, 2.45) is 0 Å². The number of hydrogen-bond acceptors (Lipinski definition) is 3. The van der Waals surface area contributed by atoms with Crippen LogP contribution in [0.5, 0.6) is 0 Å². The minimum atomic E-state index is 0.0931. The topological polar surface area (TPSA) is 44.4 Å². The minimum Gasteiger partial charge on any atom is -0.326 e. The molecule has 0 spiro atoms. The lowest BCUT2D eigenvalue weighted by atomic mass is 10.2. The molecule has 1 aromatic carbocycles. The van der Waals surface area contributed by atoms with E-state index in [1.165, 1.54) is 44.3 Å². The maximum absolute atomic E-state index is 11.8. The number of benzene rings is 1. The standard InChI is InChI=1S/C18H29N3O/c1-19-12-6-7-18(22)20-17-10-8-16(9-11-17)15-21-13-4-2-3-5-14-21/h8-11,19H,2-7,12-15H2,1H3,(H,20,22). The summed E-state index contributed by atoms with van der Waals surface area (Å²) >= 11 is 0. The van der Waals surface area contributed by atoms with Crippen LogP contribution in [0.15, 0.2) is 24.3 Å². The average molecular weight is 303 g/mol. The van der Waals surface area contributed by atoms with Gasteiger partial charge in [-0.15, -0.1) is 0 Å². The number of rotatable bonds is 7. The van der Waals surface area contributed by atoms with Crippen molar-refractivity contribution in [2.45, 2.75) is 45.1 Å². The Balaban J connectivity index is 1.78. The van der Waals surface area contributed by atoms with Gasteiger partial charge in [-0.1, -0.05) is 25.0 Å². The molecule has 0 unspecified atom stereocenters. The number of anilines is 1. The molecule has 0 aromatic heterocycles. The summed E-state index contributed by atoms with van der Waals surface area (Å²) in [6.45, 7) is 4.33. The summed E-state index contributed by atoms with van der Waals surface area (Å²) < 4.78 is 0. The van der Waals surface area contributed by atoms with E-state index in [4.69, 9.17) is 0 Å². The van der Waals surface area contributed by atoms with Crippen molar-refractivity contribution < 1.29 is 4.79 Å². The van der Waals surface area contributed by atoms with Gasteiger partial charge in [0.2, 0.25) is 5.91 Å². The van der Waals surface area contributed by atoms with E-state index < -0.39 is 0 Å². The zero-order valence-electron chi connectivity index (χ0n) is 13.7. The van der Waals surface area contributed by atoms with Gasteiger partial charge < -0.3 is 10.6 Å². The number of carbonyl (C=O) groups excluding carboxylic acids is 1. The molecule has 4 nitrogen and oxygen atoms in total. The number of hydrogen-bond donors (Lipinski definition) is 2. The highest BCUT2D eigenvalue weighted by molar-refractivity contribution is 5.90. The molecule has 22 heavy (non-hydrogen) atoms. The molecular formula is C18H29N3O. The Labute approximate surface area is 134 Å². The molecule has 0 radical (unpaired) electrons. The van der Waals surface area contributed by atoms with Crippen LogP contribution in [0.2, 0.25) is 0 Å². The number of amides is 1. The van der Waals surface area contributed by atoms with E-state index in [2.05, 4.69) is 27.7 Å². The van der Waals surface area contributed by atoms with Gasteiger partial charge in [0, 0.05) is 18.7 Å². The van der Waals surface area contributed by atoms with Crippen LogP contribution in [0.3, 0.4) is 0 Å². The monoisotopic (exact) mass is 303 g/mol. The van der Waals surface area contributed by atoms with Gasteiger partial charge in [-0.05, 0) is 63.6 Å². The molecule has 1 fully saturated rings. The van der Waals surface area contributed by atoms with E-state index in [0.29, 0.717) is 6.42 Å². The largest absolute Gasteiger partial charge is 0.326 e. The average Bonchev–Trinajstić information content (AvgIpc) is 2.78. The zero-order chi connectivity index (χ0) is 15.6. The predicted molar refractivity (Wildman–Crippen MR) is 92.0 cm³/mol. The second-order valence-corrected chi connectivity index (χ2v) is 6.14. The van der Waals surface area contributed by atoms with Crippen LogP contribution >= 0.6 is 0 Å². The Bertz CT molecular complexity index is 436. The van der Waals surface area contributed by atoms with Gasteiger partial charge in [0.1, 0.15) is 0 Å². The quantitative estimate of drug-likeness (QED) is 0.761. The maximum Gasteiger partial charge on any atom is 0.224 e. The first-order chi connectivity index (χ1) is 10.8. The van der Waals surface area contributed by atoms with Crippen LogP contribution in [0.25, 0.3) is 0 Å². The van der Waals surface area contributed by atoms with Crippen LogP contribution in [0, 0.1) is 0 Å². The zero-order valence-corrected chi connectivity index (χ0v) is 13.7. The molecule has 1 aliphatic rings. The lowest BCUT2D eigenvalue weighted by Gasteiger charge is -2.19. The fourth-order valence-electron chi connectivity index (χ4n) is 2.90. The molecule has 0 atom stereocenters. The molecular weight excluding hydrogens is 274 g/mol. The molecule has 4 heteroatoms. The van der Waals surface area contributed by atoms with Gasteiger partial charge in [-0.2, -0.15) is 0 Å². The van der Waals surface area contributed by atoms with Gasteiger partial charge in [0.25, 0.3) is 0 Å². The molecule has 0 saturated carbocycles. The van der Waals surface area contributed by atoms with Crippen LogP contribution in [-0.2, 0) is 11.3 Å². The Kier molecular flexibility index (Phi) is 7.40. The van der Waals surface area contributed by atoms with Gasteiger partial charge in [0.15, 0.2) is 0 Å². The van der Waals surface area contributed by atoms with E-state index in [1.807, 2.05) is 19.2 Å². The fourth-order valence-corrected chi connectivity index (χ4v) is 2.90. The van der Waals surface area contributed by atoms with Crippen molar-refractivity contribution in [3.8, 4) is 0 Å². The van der Waals surface area contributed by atoms with Gasteiger partial charge in [0.05, 0.1) is 0 Å². The summed E-state index contributed by atoms with van der Waals surface area (Å²) in [5.74, 6) is 0.0931. The fraction of sp³-hybridized carbons (Fsp3) is 0.611. The molecule has 1 heterocycles. The number of likely N-dealkylation sites (tertiary alicyclic amines) is 1. The Morgan fingerprint density at radius 1 is 1.09 bits per heavy atom. The molecule has 1 aromatic rings. The molecule has 2 N–H and O–H groups in total. The third-order valence-electron chi connectivity index (χ3n) is 4.17. The summed E-state index contributed by atoms with van der Waals surface area (Å²) in [5, 5.41) is 6.01. The predicted octanol–water partition coefficient (Wildman–Crippen LogP) is 3.00. The molecule has 0 aliphatic carbocycles. The SMILES string of the molecule is CNCCCC(=O)Nc1ccc(CN2CCCCCC2)cc1. The van der Waals surface area contributed by atoms with Gasteiger partial charge >= 0.3 is 0 Å². The minimum absolute atomic E-state index is 0.0931. The van der Waals surface area contributed by atoms with E-state index in [1.54, 1.807) is 0 Å². The molecule has 1 saturated heterocycles. The van der Waals surface area contributed by atoms with E-state index in [0.717, 1.165) is 25.2 Å². The second-order valence-electron chi connectivity index (χ2n) is 6.14. The van der Waals surface area contributed by atoms with E-state index >= 15 is 0 Å². The smallest absolute Gasteiger partial charge is 0.224 e. The normalized spacial score (nSPS) is 16.2. The van der Waals surface area contributed by atoms with Crippen molar-refractivity contribution >= 4 is 11.6 Å². The highest BCUT2D eigenvalue weighted by Crippen LogP contribution is 2.15. The lowest BCUT2D eigenvalue weighted by Crippen LogP contribution is -2.23. The summed E-state index contributed by atoms with van der Waals surface area (Å²) in [6, 6.07) is 8.30. The van der Waals surface area contributed by atoms with Crippen molar-refractivity contribution in [1.82, 2.24) is 10.2 Å². The Morgan fingerprint density at radius 2 is 1.77 bits per heavy atom. The summed E-state index contributed by atoms with van der Waals surface area (Å²) in [6.07, 6.45) is 6.82. The third-order valence-corrected chi connectivity index (χ3v) is 4.17. The van der Waals surface area contributed by atoms with Gasteiger partial charge in [-0.25, -0.2) is 0 Å². The van der Waals surface area contributed by atoms with Crippen LogP contribution < -0.4 is 10.6 Å². The number of nitrogens with one attached hydrogen (secondary N) is 2. The number of carbonyl (C=O) groups is 1. The van der Waals surface area contributed by atoms with Crippen molar-refractivity contribution in [3.05, 3.63) is 29.8 Å². The highest BCUT2D eigenvalue weighted by atomic mass is 16.1. The van der Waals surface area contributed by atoms with Crippen LogP contribution in [0.4, 0.5) is 5.69 Å². The summed E-state index contributed by atoms with van der Waals surface area (Å²) in [7, 11) is 1.90. The Morgan fingerprint density at radius 3 is 2.41 bits per heavy atom. The van der Waals surface area contributed by atoms with Gasteiger partial charge in [-0.3, -0.25) is 9.69 Å². The maximum atomic E-state index is 11.8. The molecule has 122 valence electrons. The van der Waals surface area contributed by atoms with E-state index in [-0.39, 0.29) is 5.91 Å². The summed E-state index contributed by atoms with van der Waals surface area (Å²) in [5.41, 5.74) is 2.23. The molecule has 1 aliphatic heterocycles. The first-order valence-corrected chi connectivity index (χ1v) is 8.53. The molecule has 2 rings (SSSR count). The number of nitrogens with zero attached hydrogens (tertiary/aromatic N) is 1. The summed E-state index contributed by atoms with van der Waals surface area (Å²) in [4.78, 5) is 14.3. The van der Waals surface area contributed by atoms with Crippen LogP contribution in [0.1, 0.15) is 44.1 Å². The van der Waals surface area contributed by atoms with Crippen molar-refractivity contribution in [1.29, 1.82) is 0 Å². The first kappa shape index (κ1) is 17.0. The third kappa shape index (κ3) is 6.16. The van der Waals surface area contributed by atoms with Crippen LogP contribution in [-0.4, -0.2) is 37.5 Å². The molecule has 1 amide bonds. The van der Waals surface area contributed by atoms with Crippen molar-refractivity contribution in [2.75, 3.05) is 32.0 Å². The highest BCUT2D eigenvalue weighted by Gasteiger charge is 2.09.